The Labute approximate surface area is 167 Å². The van der Waals surface area contributed by atoms with Crippen LogP contribution >= 0.6 is 11.6 Å². The summed E-state index contributed by atoms with van der Waals surface area (Å²) in [6, 6.07) is 13.4. The number of benzene rings is 2. The second-order valence-electron chi connectivity index (χ2n) is 6.83. The minimum Gasteiger partial charge on any atom is -0.449 e. The third-order valence-corrected chi connectivity index (χ3v) is 5.28. The van der Waals surface area contributed by atoms with Crippen LogP contribution < -0.4 is 15.8 Å². The van der Waals surface area contributed by atoms with Gasteiger partial charge >= 0.3 is 5.91 Å². The van der Waals surface area contributed by atoms with Crippen LogP contribution in [0.3, 0.4) is 0 Å². The zero-order valence-electron chi connectivity index (χ0n) is 15.4. The van der Waals surface area contributed by atoms with Crippen molar-refractivity contribution >= 4 is 40.1 Å². The van der Waals surface area contributed by atoms with E-state index in [1.807, 2.05) is 29.2 Å². The number of fused-ring (bicyclic) bond motifs is 2. The minimum absolute atomic E-state index is 0.131. The molecule has 2 amide bonds. The largest absolute Gasteiger partial charge is 0.449 e. The Kier molecular flexibility index (Phi) is 4.96. The maximum absolute atomic E-state index is 12.5. The van der Waals surface area contributed by atoms with E-state index in [0.717, 1.165) is 30.5 Å². The number of nitrogens with one attached hydrogen (secondary N) is 2. The summed E-state index contributed by atoms with van der Waals surface area (Å²) in [4.78, 5) is 26.8. The number of halogens is 1. The van der Waals surface area contributed by atoms with Gasteiger partial charge in [-0.1, -0.05) is 41.9 Å². The van der Waals surface area contributed by atoms with Gasteiger partial charge in [-0.25, -0.2) is 0 Å². The van der Waals surface area contributed by atoms with Crippen LogP contribution in [-0.2, 0) is 11.2 Å². The summed E-state index contributed by atoms with van der Waals surface area (Å²) in [6.45, 7) is 2.76. The molecule has 144 valence electrons. The first kappa shape index (κ1) is 18.4. The SMILES string of the molecule is Cc1c(C(=O)NNC(=O)CN2CCCc3ccccc32)oc2c(Cl)cccc12. The van der Waals surface area contributed by atoms with Crippen molar-refractivity contribution < 1.29 is 14.0 Å². The summed E-state index contributed by atoms with van der Waals surface area (Å²) in [5.74, 6) is -0.680. The molecule has 1 aliphatic heterocycles. The maximum atomic E-state index is 12.5. The van der Waals surface area contributed by atoms with Gasteiger partial charge in [0.15, 0.2) is 11.3 Å². The van der Waals surface area contributed by atoms with Crippen LogP contribution in [0.15, 0.2) is 46.9 Å². The number of carbonyl (C=O) groups excluding carboxylic acids is 2. The highest BCUT2D eigenvalue weighted by Crippen LogP contribution is 2.30. The summed E-state index contributed by atoms with van der Waals surface area (Å²) in [6.07, 6.45) is 2.01. The fraction of sp³-hybridized carbons (Fsp3) is 0.238. The molecule has 0 saturated carbocycles. The van der Waals surface area contributed by atoms with Gasteiger partial charge in [0.05, 0.1) is 11.6 Å². The molecule has 2 aromatic carbocycles. The molecule has 1 aliphatic rings. The van der Waals surface area contributed by atoms with Crippen LogP contribution in [0.25, 0.3) is 11.0 Å². The Morgan fingerprint density at radius 1 is 1.14 bits per heavy atom. The highest BCUT2D eigenvalue weighted by atomic mass is 35.5. The molecule has 0 spiro atoms. The van der Waals surface area contributed by atoms with Gasteiger partial charge in [0.2, 0.25) is 0 Å². The van der Waals surface area contributed by atoms with E-state index in [9.17, 15) is 9.59 Å². The third-order valence-electron chi connectivity index (χ3n) is 4.98. The lowest BCUT2D eigenvalue weighted by Gasteiger charge is -2.30. The van der Waals surface area contributed by atoms with Crippen LogP contribution in [0.1, 0.15) is 28.1 Å². The molecule has 4 rings (SSSR count). The van der Waals surface area contributed by atoms with Gasteiger partial charge < -0.3 is 9.32 Å². The number of nitrogens with zero attached hydrogens (tertiary/aromatic N) is 1. The molecule has 0 atom stereocenters. The van der Waals surface area contributed by atoms with Crippen LogP contribution in [0.4, 0.5) is 5.69 Å². The van der Waals surface area contributed by atoms with Crippen molar-refractivity contribution in [2.75, 3.05) is 18.0 Å². The average molecular weight is 398 g/mol. The van der Waals surface area contributed by atoms with Gasteiger partial charge in [-0.2, -0.15) is 0 Å². The van der Waals surface area contributed by atoms with Crippen molar-refractivity contribution in [3.8, 4) is 0 Å². The van der Waals surface area contributed by atoms with E-state index in [1.165, 1.54) is 5.56 Å². The number of anilines is 1. The number of rotatable bonds is 3. The van der Waals surface area contributed by atoms with Gasteiger partial charge in [0, 0.05) is 23.2 Å². The van der Waals surface area contributed by atoms with Gasteiger partial charge in [-0.3, -0.25) is 20.4 Å². The molecule has 2 N–H and O–H groups in total. The molecule has 0 bridgehead atoms. The summed E-state index contributed by atoms with van der Waals surface area (Å²) in [7, 11) is 0. The lowest BCUT2D eigenvalue weighted by Crippen LogP contribution is -2.47. The monoisotopic (exact) mass is 397 g/mol. The highest BCUT2D eigenvalue weighted by Gasteiger charge is 2.21. The fourth-order valence-corrected chi connectivity index (χ4v) is 3.81. The van der Waals surface area contributed by atoms with E-state index in [4.69, 9.17) is 16.0 Å². The van der Waals surface area contributed by atoms with Crippen LogP contribution in [-0.4, -0.2) is 24.9 Å². The quantitative estimate of drug-likeness (QED) is 0.662. The molecule has 28 heavy (non-hydrogen) atoms. The first-order chi connectivity index (χ1) is 13.5. The average Bonchev–Trinajstić information content (AvgIpc) is 3.05. The number of hydrazine groups is 1. The predicted molar refractivity (Wildman–Crippen MR) is 109 cm³/mol. The van der Waals surface area contributed by atoms with E-state index >= 15 is 0 Å². The molecule has 0 unspecified atom stereocenters. The number of para-hydroxylation sites is 2. The molecule has 1 aromatic heterocycles. The second-order valence-corrected chi connectivity index (χ2v) is 7.24. The molecule has 0 saturated heterocycles. The zero-order valence-corrected chi connectivity index (χ0v) is 16.2. The molecule has 0 fully saturated rings. The van der Waals surface area contributed by atoms with E-state index < -0.39 is 5.91 Å². The maximum Gasteiger partial charge on any atom is 0.305 e. The normalized spacial score (nSPS) is 13.3. The van der Waals surface area contributed by atoms with Gasteiger partial charge in [-0.05, 0) is 37.5 Å². The Bertz CT molecular complexity index is 1060. The number of hydrogen-bond acceptors (Lipinski definition) is 4. The lowest BCUT2D eigenvalue weighted by atomic mass is 10.0. The highest BCUT2D eigenvalue weighted by molar-refractivity contribution is 6.35. The van der Waals surface area contributed by atoms with E-state index in [1.54, 1.807) is 19.1 Å². The molecule has 2 heterocycles. The molecular weight excluding hydrogens is 378 g/mol. The smallest absolute Gasteiger partial charge is 0.305 e. The lowest BCUT2D eigenvalue weighted by molar-refractivity contribution is -0.120. The van der Waals surface area contributed by atoms with Crippen LogP contribution in [0, 0.1) is 6.92 Å². The topological polar surface area (TPSA) is 74.6 Å². The first-order valence-corrected chi connectivity index (χ1v) is 9.52. The second kappa shape index (κ2) is 7.56. The summed E-state index contributed by atoms with van der Waals surface area (Å²) in [5, 5.41) is 1.21. The van der Waals surface area contributed by atoms with Crippen LogP contribution in [0.5, 0.6) is 0 Å². The standard InChI is InChI=1S/C21H20ClN3O3/c1-13-15-8-4-9-16(22)20(15)28-19(13)21(27)24-23-18(26)12-25-11-5-7-14-6-2-3-10-17(14)25/h2-4,6,8-10H,5,7,11-12H2,1H3,(H,23,26)(H,24,27). The number of amides is 2. The molecule has 3 aromatic rings. The number of hydrogen-bond donors (Lipinski definition) is 2. The Hall–Kier alpha value is -2.99. The Morgan fingerprint density at radius 2 is 1.96 bits per heavy atom. The Morgan fingerprint density at radius 3 is 2.79 bits per heavy atom. The van der Waals surface area contributed by atoms with Gasteiger partial charge in [0.25, 0.3) is 5.91 Å². The van der Waals surface area contributed by atoms with Crippen molar-refractivity contribution in [3.05, 3.63) is 64.4 Å². The molecule has 0 radical (unpaired) electrons. The fourth-order valence-electron chi connectivity index (χ4n) is 3.60. The summed E-state index contributed by atoms with van der Waals surface area (Å²) < 4.78 is 5.61. The van der Waals surface area contributed by atoms with Crippen molar-refractivity contribution in [2.24, 2.45) is 0 Å². The van der Waals surface area contributed by atoms with Crippen molar-refractivity contribution in [1.82, 2.24) is 10.9 Å². The zero-order chi connectivity index (χ0) is 19.7. The van der Waals surface area contributed by atoms with Crippen molar-refractivity contribution in [3.63, 3.8) is 0 Å². The van der Waals surface area contributed by atoms with Crippen LogP contribution in [0.2, 0.25) is 5.02 Å². The molecular formula is C21H20ClN3O3. The first-order valence-electron chi connectivity index (χ1n) is 9.14. The predicted octanol–water partition coefficient (Wildman–Crippen LogP) is 3.61. The number of aryl methyl sites for hydroxylation is 2. The van der Waals surface area contributed by atoms with Crippen molar-refractivity contribution in [1.29, 1.82) is 0 Å². The third kappa shape index (κ3) is 3.43. The molecule has 6 nitrogen and oxygen atoms in total. The van der Waals surface area contributed by atoms with Gasteiger partial charge in [0.1, 0.15) is 0 Å². The summed E-state index contributed by atoms with van der Waals surface area (Å²) in [5.41, 5.74) is 8.34. The van der Waals surface area contributed by atoms with Crippen molar-refractivity contribution in [2.45, 2.75) is 19.8 Å². The summed E-state index contributed by atoms with van der Waals surface area (Å²) >= 11 is 6.12. The number of carbonyl (C=O) groups is 2. The van der Waals surface area contributed by atoms with E-state index in [2.05, 4.69) is 16.9 Å². The van der Waals surface area contributed by atoms with E-state index in [-0.39, 0.29) is 18.2 Å². The van der Waals surface area contributed by atoms with E-state index in [0.29, 0.717) is 16.2 Å². The number of furan rings is 1. The van der Waals surface area contributed by atoms with Gasteiger partial charge in [-0.15, -0.1) is 0 Å². The minimum atomic E-state index is -0.517. The Balaban J connectivity index is 1.41. The molecule has 7 heteroatoms. The molecule has 0 aliphatic carbocycles.